The summed E-state index contributed by atoms with van der Waals surface area (Å²) < 4.78 is 0.988. The topological polar surface area (TPSA) is 32.3 Å². The maximum Gasteiger partial charge on any atom is 0.252 e. The minimum Gasteiger partial charge on any atom is -0.350 e. The molecule has 6 heteroatoms. The van der Waals surface area contributed by atoms with E-state index in [4.69, 9.17) is 0 Å². The molecule has 2 aromatic heterocycles. The number of thiophene rings is 2. The molecule has 1 amide bonds. The second kappa shape index (κ2) is 7.05. The molecule has 1 aliphatic heterocycles. The van der Waals surface area contributed by atoms with Crippen molar-refractivity contribution in [3.05, 3.63) is 43.2 Å². The zero-order chi connectivity index (χ0) is 14.7. The first kappa shape index (κ1) is 15.2. The summed E-state index contributed by atoms with van der Waals surface area (Å²) in [5.74, 6) is 0.0118. The average Bonchev–Trinajstić information content (AvgIpc) is 3.21. The van der Waals surface area contributed by atoms with Gasteiger partial charge in [0.1, 0.15) is 0 Å². The Morgan fingerprint density at radius 1 is 1.38 bits per heavy atom. The summed E-state index contributed by atoms with van der Waals surface area (Å²) in [5, 5.41) is 7.08. The minimum absolute atomic E-state index is 0.0118. The molecule has 0 aromatic carbocycles. The smallest absolute Gasteiger partial charge is 0.252 e. The summed E-state index contributed by atoms with van der Waals surface area (Å²) in [5.41, 5.74) is 0.734. The lowest BCUT2D eigenvalue weighted by atomic mass is 10.2. The number of halogens is 1. The highest BCUT2D eigenvalue weighted by Crippen LogP contribution is 2.28. The first-order chi connectivity index (χ1) is 10.2. The fourth-order valence-electron chi connectivity index (χ4n) is 2.66. The molecule has 0 radical (unpaired) electrons. The van der Waals surface area contributed by atoms with Crippen LogP contribution in [0.2, 0.25) is 0 Å². The van der Waals surface area contributed by atoms with Gasteiger partial charge in [-0.25, -0.2) is 0 Å². The van der Waals surface area contributed by atoms with Crippen LogP contribution >= 0.6 is 38.6 Å². The van der Waals surface area contributed by atoms with Crippen LogP contribution in [0.5, 0.6) is 0 Å². The Kier molecular flexibility index (Phi) is 5.11. The number of hydrogen-bond acceptors (Lipinski definition) is 4. The number of rotatable bonds is 5. The van der Waals surface area contributed by atoms with Crippen LogP contribution in [0.15, 0.2) is 32.7 Å². The van der Waals surface area contributed by atoms with Crippen molar-refractivity contribution in [1.82, 2.24) is 10.2 Å². The molecule has 0 bridgehead atoms. The van der Waals surface area contributed by atoms with E-state index in [1.807, 2.05) is 11.4 Å². The molecule has 21 heavy (non-hydrogen) atoms. The van der Waals surface area contributed by atoms with Crippen molar-refractivity contribution in [2.24, 2.45) is 0 Å². The Morgan fingerprint density at radius 2 is 2.19 bits per heavy atom. The second-order valence-electron chi connectivity index (χ2n) is 5.12. The van der Waals surface area contributed by atoms with Crippen molar-refractivity contribution >= 4 is 44.5 Å². The van der Waals surface area contributed by atoms with E-state index in [1.165, 1.54) is 29.1 Å². The molecule has 0 saturated carbocycles. The van der Waals surface area contributed by atoms with E-state index in [-0.39, 0.29) is 5.91 Å². The highest BCUT2D eigenvalue weighted by Gasteiger charge is 2.24. The molecule has 1 N–H and O–H groups in total. The van der Waals surface area contributed by atoms with Gasteiger partial charge in [0, 0.05) is 16.8 Å². The predicted molar refractivity (Wildman–Crippen MR) is 92.2 cm³/mol. The molecule has 1 saturated heterocycles. The third-order valence-electron chi connectivity index (χ3n) is 3.74. The maximum absolute atomic E-state index is 12.2. The monoisotopic (exact) mass is 384 g/mol. The molecule has 1 atom stereocenters. The summed E-state index contributed by atoms with van der Waals surface area (Å²) >= 11 is 6.71. The van der Waals surface area contributed by atoms with Gasteiger partial charge in [-0.15, -0.1) is 22.7 Å². The summed E-state index contributed by atoms with van der Waals surface area (Å²) in [7, 11) is 0. The van der Waals surface area contributed by atoms with Crippen LogP contribution in [0.25, 0.3) is 0 Å². The van der Waals surface area contributed by atoms with E-state index in [0.717, 1.165) is 22.4 Å². The van der Waals surface area contributed by atoms with Gasteiger partial charge in [-0.05, 0) is 59.4 Å². The van der Waals surface area contributed by atoms with Crippen LogP contribution < -0.4 is 5.32 Å². The van der Waals surface area contributed by atoms with E-state index in [1.54, 1.807) is 11.3 Å². The van der Waals surface area contributed by atoms with Crippen molar-refractivity contribution in [2.75, 3.05) is 19.6 Å². The van der Waals surface area contributed by atoms with E-state index in [2.05, 4.69) is 43.7 Å². The molecule has 2 aromatic rings. The van der Waals surface area contributed by atoms with Gasteiger partial charge in [-0.1, -0.05) is 6.07 Å². The lowest BCUT2D eigenvalue weighted by Crippen LogP contribution is -2.36. The molecule has 1 unspecified atom stereocenters. The van der Waals surface area contributed by atoms with Crippen molar-refractivity contribution in [3.63, 3.8) is 0 Å². The number of amides is 1. The van der Waals surface area contributed by atoms with Crippen molar-refractivity contribution in [2.45, 2.75) is 18.9 Å². The van der Waals surface area contributed by atoms with Gasteiger partial charge in [0.05, 0.1) is 15.4 Å². The molecule has 1 fully saturated rings. The van der Waals surface area contributed by atoms with Crippen LogP contribution in [0.1, 0.15) is 34.1 Å². The molecule has 112 valence electrons. The Hall–Kier alpha value is -0.690. The van der Waals surface area contributed by atoms with Crippen LogP contribution in [0, 0.1) is 0 Å². The SMILES string of the molecule is O=C(NCC(c1cccs1)N1CCCC1)c1csc(Br)c1. The van der Waals surface area contributed by atoms with Gasteiger partial charge in [0.2, 0.25) is 0 Å². The lowest BCUT2D eigenvalue weighted by Gasteiger charge is -2.26. The molecule has 3 heterocycles. The van der Waals surface area contributed by atoms with Gasteiger partial charge in [0.15, 0.2) is 0 Å². The van der Waals surface area contributed by atoms with E-state index < -0.39 is 0 Å². The Morgan fingerprint density at radius 3 is 2.81 bits per heavy atom. The quantitative estimate of drug-likeness (QED) is 0.839. The molecule has 3 rings (SSSR count). The van der Waals surface area contributed by atoms with E-state index in [9.17, 15) is 4.79 Å². The maximum atomic E-state index is 12.2. The van der Waals surface area contributed by atoms with Gasteiger partial charge < -0.3 is 5.32 Å². The van der Waals surface area contributed by atoms with Crippen LogP contribution in [0.3, 0.4) is 0 Å². The minimum atomic E-state index is 0.0118. The van der Waals surface area contributed by atoms with Gasteiger partial charge in [-0.3, -0.25) is 9.69 Å². The van der Waals surface area contributed by atoms with Crippen LogP contribution in [0.4, 0.5) is 0 Å². The number of carbonyl (C=O) groups excluding carboxylic acids is 1. The number of likely N-dealkylation sites (tertiary alicyclic amines) is 1. The summed E-state index contributed by atoms with van der Waals surface area (Å²) in [6.45, 7) is 2.93. The number of nitrogens with zero attached hydrogens (tertiary/aromatic N) is 1. The number of carbonyl (C=O) groups is 1. The van der Waals surface area contributed by atoms with Crippen molar-refractivity contribution in [3.8, 4) is 0 Å². The normalized spacial score (nSPS) is 17.0. The molecule has 1 aliphatic rings. The lowest BCUT2D eigenvalue weighted by molar-refractivity contribution is 0.0939. The summed E-state index contributed by atoms with van der Waals surface area (Å²) in [6.07, 6.45) is 2.51. The summed E-state index contributed by atoms with van der Waals surface area (Å²) in [4.78, 5) is 16.0. The molecular formula is C15H17BrN2OS2. The van der Waals surface area contributed by atoms with Gasteiger partial charge in [0.25, 0.3) is 5.91 Å². The Bertz CT molecular complexity index is 591. The highest BCUT2D eigenvalue weighted by atomic mass is 79.9. The molecule has 3 nitrogen and oxygen atoms in total. The first-order valence-corrected chi connectivity index (χ1v) is 9.59. The predicted octanol–water partition coefficient (Wildman–Crippen LogP) is 4.14. The molecular weight excluding hydrogens is 368 g/mol. The van der Waals surface area contributed by atoms with E-state index >= 15 is 0 Å². The van der Waals surface area contributed by atoms with E-state index in [0.29, 0.717) is 12.6 Å². The Labute approximate surface area is 141 Å². The second-order valence-corrected chi connectivity index (χ2v) is 8.39. The van der Waals surface area contributed by atoms with Crippen LogP contribution in [-0.2, 0) is 0 Å². The third kappa shape index (κ3) is 3.74. The third-order valence-corrected chi connectivity index (χ3v) is 6.22. The van der Waals surface area contributed by atoms with Crippen molar-refractivity contribution < 1.29 is 4.79 Å². The largest absolute Gasteiger partial charge is 0.350 e. The fraction of sp³-hybridized carbons (Fsp3) is 0.400. The van der Waals surface area contributed by atoms with Crippen LogP contribution in [-0.4, -0.2) is 30.4 Å². The zero-order valence-corrected chi connectivity index (χ0v) is 14.8. The molecule has 0 spiro atoms. The van der Waals surface area contributed by atoms with Crippen molar-refractivity contribution in [1.29, 1.82) is 0 Å². The zero-order valence-electron chi connectivity index (χ0n) is 11.5. The first-order valence-electron chi connectivity index (χ1n) is 7.04. The fourth-order valence-corrected chi connectivity index (χ4v) is 4.66. The molecule has 0 aliphatic carbocycles. The van der Waals surface area contributed by atoms with Gasteiger partial charge >= 0.3 is 0 Å². The average molecular weight is 385 g/mol. The standard InChI is InChI=1S/C15H17BrN2OS2/c16-14-8-11(10-21-14)15(19)17-9-12(13-4-3-7-20-13)18-5-1-2-6-18/h3-4,7-8,10,12H,1-2,5-6,9H2,(H,17,19). The van der Waals surface area contributed by atoms with Gasteiger partial charge in [-0.2, -0.15) is 0 Å². The summed E-state index contributed by atoms with van der Waals surface area (Å²) in [6, 6.07) is 6.43. The number of hydrogen-bond donors (Lipinski definition) is 1. The highest BCUT2D eigenvalue weighted by molar-refractivity contribution is 9.11. The number of nitrogens with one attached hydrogen (secondary N) is 1. The Balaban J connectivity index is 1.66.